The maximum Gasteiger partial charge on any atom is 0.224 e. The predicted molar refractivity (Wildman–Crippen MR) is 95.4 cm³/mol. The molecule has 1 amide bonds. The van der Waals surface area contributed by atoms with Crippen LogP contribution in [0.3, 0.4) is 0 Å². The fourth-order valence-electron chi connectivity index (χ4n) is 3.18. The Bertz CT molecular complexity index is 463. The minimum atomic E-state index is -0.440. The quantitative estimate of drug-likeness (QED) is 0.745. The van der Waals surface area contributed by atoms with Gasteiger partial charge in [0.25, 0.3) is 0 Å². The van der Waals surface area contributed by atoms with Crippen molar-refractivity contribution >= 4 is 18.3 Å². The van der Waals surface area contributed by atoms with E-state index < -0.39 is 6.10 Å². The molecule has 1 aliphatic rings. The van der Waals surface area contributed by atoms with Crippen LogP contribution in [0.15, 0.2) is 30.3 Å². The van der Waals surface area contributed by atoms with Crippen molar-refractivity contribution in [1.82, 2.24) is 5.32 Å². The van der Waals surface area contributed by atoms with Gasteiger partial charge in [0.05, 0.1) is 12.0 Å². The van der Waals surface area contributed by atoms with Crippen LogP contribution in [-0.2, 0) is 4.79 Å². The van der Waals surface area contributed by atoms with Crippen LogP contribution in [-0.4, -0.2) is 23.7 Å². The zero-order chi connectivity index (χ0) is 15.9. The number of aliphatic hydroxyl groups excluding tert-OH is 1. The van der Waals surface area contributed by atoms with Gasteiger partial charge in [-0.15, -0.1) is 12.4 Å². The first-order valence-corrected chi connectivity index (χ1v) is 8.36. The first-order chi connectivity index (χ1) is 10.6. The second kappa shape index (κ2) is 9.91. The average Bonchev–Trinajstić information content (AvgIpc) is 2.59. The zero-order valence-electron chi connectivity index (χ0n) is 13.8. The molecule has 1 aliphatic carbocycles. The van der Waals surface area contributed by atoms with Crippen molar-refractivity contribution in [3.63, 3.8) is 0 Å². The van der Waals surface area contributed by atoms with Crippen LogP contribution >= 0.6 is 12.4 Å². The van der Waals surface area contributed by atoms with Crippen molar-refractivity contribution in [2.45, 2.75) is 51.2 Å². The number of hydrogen-bond donors (Lipinski definition) is 3. The summed E-state index contributed by atoms with van der Waals surface area (Å²) in [5, 5.41) is 13.1. The van der Waals surface area contributed by atoms with Gasteiger partial charge >= 0.3 is 0 Å². The van der Waals surface area contributed by atoms with Crippen molar-refractivity contribution in [2.75, 3.05) is 6.54 Å². The number of nitrogens with one attached hydrogen (secondary N) is 1. The number of rotatable bonds is 6. The van der Waals surface area contributed by atoms with Crippen LogP contribution in [0.1, 0.15) is 50.6 Å². The summed E-state index contributed by atoms with van der Waals surface area (Å²) in [6.07, 6.45) is 5.32. The van der Waals surface area contributed by atoms with Gasteiger partial charge in [0.1, 0.15) is 0 Å². The van der Waals surface area contributed by atoms with Crippen LogP contribution in [0.25, 0.3) is 0 Å². The van der Waals surface area contributed by atoms with Gasteiger partial charge in [-0.3, -0.25) is 4.79 Å². The van der Waals surface area contributed by atoms with Gasteiger partial charge in [-0.05, 0) is 24.3 Å². The molecular formula is C18H29ClN2O2. The molecule has 4 N–H and O–H groups in total. The van der Waals surface area contributed by atoms with Gasteiger partial charge in [-0.1, -0.05) is 56.5 Å². The molecule has 0 spiro atoms. The van der Waals surface area contributed by atoms with E-state index in [1.165, 1.54) is 19.3 Å². The Hall–Kier alpha value is -1.10. The normalized spacial score (nSPS) is 19.3. The summed E-state index contributed by atoms with van der Waals surface area (Å²) in [7, 11) is 0. The van der Waals surface area contributed by atoms with Crippen LogP contribution in [0.2, 0.25) is 0 Å². The summed E-state index contributed by atoms with van der Waals surface area (Å²) in [5.41, 5.74) is 7.12. The Kier molecular flexibility index (Phi) is 8.59. The average molecular weight is 341 g/mol. The third-order valence-electron chi connectivity index (χ3n) is 4.82. The third-order valence-corrected chi connectivity index (χ3v) is 4.82. The van der Waals surface area contributed by atoms with Crippen LogP contribution < -0.4 is 11.1 Å². The standard InChI is InChI=1S/C18H28N2O2.ClH/c1-13(17(19)15-10-6-3-7-11-15)18(22)20-12-16(21)14-8-4-2-5-9-14;/h3,6-7,10-11,13-14,16-17,21H,2,4-5,8-9,12,19H2,1H3,(H,20,22);1H. The van der Waals surface area contributed by atoms with E-state index in [-0.39, 0.29) is 30.3 Å². The van der Waals surface area contributed by atoms with Gasteiger partial charge in [0, 0.05) is 12.6 Å². The molecule has 3 atom stereocenters. The molecule has 0 aromatic heterocycles. The first-order valence-electron chi connectivity index (χ1n) is 8.36. The van der Waals surface area contributed by atoms with Gasteiger partial charge in [-0.2, -0.15) is 0 Å². The molecular weight excluding hydrogens is 312 g/mol. The number of halogens is 1. The van der Waals surface area contributed by atoms with Crippen LogP contribution in [0.5, 0.6) is 0 Å². The molecule has 4 nitrogen and oxygen atoms in total. The van der Waals surface area contributed by atoms with Crippen molar-refractivity contribution < 1.29 is 9.90 Å². The van der Waals surface area contributed by atoms with E-state index in [2.05, 4.69) is 5.32 Å². The predicted octanol–water partition coefficient (Wildman–Crippen LogP) is 2.80. The minimum Gasteiger partial charge on any atom is -0.391 e. The molecule has 1 aromatic rings. The molecule has 1 aromatic carbocycles. The molecule has 2 rings (SSSR count). The van der Waals surface area contributed by atoms with Gasteiger partial charge in [-0.25, -0.2) is 0 Å². The minimum absolute atomic E-state index is 0. The fourth-order valence-corrected chi connectivity index (χ4v) is 3.18. The van der Waals surface area contributed by atoms with E-state index in [9.17, 15) is 9.90 Å². The Morgan fingerprint density at radius 2 is 1.87 bits per heavy atom. The maximum atomic E-state index is 12.2. The highest BCUT2D eigenvalue weighted by Gasteiger charge is 2.25. The SMILES string of the molecule is CC(C(=O)NCC(O)C1CCCCC1)C(N)c1ccccc1.Cl. The van der Waals surface area contributed by atoms with Gasteiger partial charge in [0.2, 0.25) is 5.91 Å². The molecule has 1 saturated carbocycles. The summed E-state index contributed by atoms with van der Waals surface area (Å²) in [6, 6.07) is 9.32. The Labute approximate surface area is 145 Å². The second-order valence-corrected chi connectivity index (χ2v) is 6.44. The van der Waals surface area contributed by atoms with E-state index >= 15 is 0 Å². The molecule has 5 heteroatoms. The highest BCUT2D eigenvalue weighted by molar-refractivity contribution is 5.85. The van der Waals surface area contributed by atoms with Crippen molar-refractivity contribution in [2.24, 2.45) is 17.6 Å². The molecule has 3 unspecified atom stereocenters. The maximum absolute atomic E-state index is 12.2. The lowest BCUT2D eigenvalue weighted by molar-refractivity contribution is -0.125. The summed E-state index contributed by atoms with van der Waals surface area (Å²) < 4.78 is 0. The Balaban J connectivity index is 0.00000264. The van der Waals surface area contributed by atoms with Gasteiger partial charge in [0.15, 0.2) is 0 Å². The molecule has 23 heavy (non-hydrogen) atoms. The lowest BCUT2D eigenvalue weighted by Gasteiger charge is -2.27. The molecule has 0 saturated heterocycles. The fraction of sp³-hybridized carbons (Fsp3) is 0.611. The number of nitrogens with two attached hydrogens (primary N) is 1. The van der Waals surface area contributed by atoms with Crippen LogP contribution in [0, 0.1) is 11.8 Å². The first kappa shape index (κ1) is 19.9. The summed E-state index contributed by atoms with van der Waals surface area (Å²) in [5.74, 6) is -0.0840. The van der Waals surface area contributed by atoms with E-state index in [1.54, 1.807) is 0 Å². The molecule has 130 valence electrons. The molecule has 0 aliphatic heterocycles. The van der Waals surface area contributed by atoms with Crippen molar-refractivity contribution in [3.8, 4) is 0 Å². The van der Waals surface area contributed by atoms with Crippen molar-refractivity contribution in [3.05, 3.63) is 35.9 Å². The number of hydrogen-bond acceptors (Lipinski definition) is 3. The number of aliphatic hydroxyl groups is 1. The van der Waals surface area contributed by atoms with E-state index in [0.717, 1.165) is 18.4 Å². The molecule has 0 heterocycles. The third kappa shape index (κ3) is 5.79. The topological polar surface area (TPSA) is 75.3 Å². The highest BCUT2D eigenvalue weighted by atomic mass is 35.5. The summed E-state index contributed by atoms with van der Waals surface area (Å²) in [4.78, 5) is 12.2. The van der Waals surface area contributed by atoms with Crippen molar-refractivity contribution in [1.29, 1.82) is 0 Å². The Morgan fingerprint density at radius 3 is 2.48 bits per heavy atom. The number of carbonyl (C=O) groups is 1. The second-order valence-electron chi connectivity index (χ2n) is 6.44. The highest BCUT2D eigenvalue weighted by Crippen LogP contribution is 2.26. The number of carbonyl (C=O) groups excluding carboxylic acids is 1. The molecule has 0 bridgehead atoms. The number of benzene rings is 1. The van der Waals surface area contributed by atoms with Gasteiger partial charge < -0.3 is 16.2 Å². The smallest absolute Gasteiger partial charge is 0.224 e. The summed E-state index contributed by atoms with van der Waals surface area (Å²) >= 11 is 0. The lowest BCUT2D eigenvalue weighted by atomic mass is 9.85. The molecule has 1 fully saturated rings. The zero-order valence-corrected chi connectivity index (χ0v) is 14.6. The van der Waals surface area contributed by atoms with E-state index in [0.29, 0.717) is 12.5 Å². The molecule has 0 radical (unpaired) electrons. The van der Waals surface area contributed by atoms with Crippen LogP contribution in [0.4, 0.5) is 0 Å². The largest absolute Gasteiger partial charge is 0.391 e. The van der Waals surface area contributed by atoms with E-state index in [4.69, 9.17) is 5.73 Å². The van der Waals surface area contributed by atoms with E-state index in [1.807, 2.05) is 37.3 Å². The lowest BCUT2D eigenvalue weighted by Crippen LogP contribution is -2.41. The summed E-state index contributed by atoms with van der Waals surface area (Å²) in [6.45, 7) is 2.16. The number of amides is 1. The monoisotopic (exact) mass is 340 g/mol. The Morgan fingerprint density at radius 1 is 1.26 bits per heavy atom.